The number of aromatic nitrogens is 2. The van der Waals surface area contributed by atoms with E-state index in [0.29, 0.717) is 26.4 Å². The monoisotopic (exact) mass is 243 g/mol. The van der Waals surface area contributed by atoms with Gasteiger partial charge in [-0.3, -0.25) is 4.79 Å². The van der Waals surface area contributed by atoms with Crippen LogP contribution in [-0.2, 0) is 9.47 Å². The molecule has 0 radical (unpaired) electrons. The molecule has 3 N–H and O–H groups in total. The molecule has 1 heterocycles. The highest BCUT2D eigenvalue weighted by atomic mass is 16.5. The predicted molar refractivity (Wildman–Crippen MR) is 62.1 cm³/mol. The molecule has 7 heteroatoms. The van der Waals surface area contributed by atoms with E-state index < -0.39 is 5.56 Å². The minimum atomic E-state index is -0.406. The second-order valence-electron chi connectivity index (χ2n) is 3.26. The maximum Gasteiger partial charge on any atom is 0.277 e. The Morgan fingerprint density at radius 1 is 1.35 bits per heavy atom. The van der Waals surface area contributed by atoms with Crippen LogP contribution < -0.4 is 16.0 Å². The largest absolute Gasteiger partial charge is 0.474 e. The van der Waals surface area contributed by atoms with E-state index in [-0.39, 0.29) is 11.6 Å². The van der Waals surface area contributed by atoms with Crippen molar-refractivity contribution in [2.45, 2.75) is 6.42 Å². The molecule has 7 nitrogen and oxygen atoms in total. The summed E-state index contributed by atoms with van der Waals surface area (Å²) in [5, 5.41) is 0. The summed E-state index contributed by atoms with van der Waals surface area (Å²) in [5.74, 6) is 0.134. The Bertz CT molecular complexity index is 380. The van der Waals surface area contributed by atoms with Crippen LogP contribution in [0.5, 0.6) is 5.88 Å². The van der Waals surface area contributed by atoms with Crippen LogP contribution in [-0.4, -0.2) is 43.5 Å². The maximum absolute atomic E-state index is 11.1. The fourth-order valence-corrected chi connectivity index (χ4v) is 1.11. The first kappa shape index (κ1) is 13.5. The maximum atomic E-state index is 11.1. The molecule has 0 spiro atoms. The molecule has 0 amide bonds. The smallest absolute Gasteiger partial charge is 0.277 e. The lowest BCUT2D eigenvalue weighted by Crippen LogP contribution is -2.16. The van der Waals surface area contributed by atoms with Crippen molar-refractivity contribution in [1.29, 1.82) is 0 Å². The zero-order valence-corrected chi connectivity index (χ0v) is 9.77. The number of methoxy groups -OCH3 is 1. The lowest BCUT2D eigenvalue weighted by molar-refractivity contribution is 0.0797. The summed E-state index contributed by atoms with van der Waals surface area (Å²) in [6.45, 7) is 1.99. The Morgan fingerprint density at radius 3 is 2.94 bits per heavy atom. The second kappa shape index (κ2) is 7.64. The summed E-state index contributed by atoms with van der Waals surface area (Å²) in [7, 11) is 1.64. The molecule has 0 aromatic carbocycles. The van der Waals surface area contributed by atoms with Gasteiger partial charge in [0.2, 0.25) is 5.88 Å². The molecule has 0 aliphatic heterocycles. The molecule has 0 unspecified atom stereocenters. The molecule has 0 aliphatic carbocycles. The van der Waals surface area contributed by atoms with Gasteiger partial charge in [0, 0.05) is 20.3 Å². The number of rotatable bonds is 8. The highest BCUT2D eigenvalue weighted by molar-refractivity contribution is 5.44. The molecule has 0 atom stereocenters. The van der Waals surface area contributed by atoms with Crippen LogP contribution in [0.15, 0.2) is 11.1 Å². The second-order valence-corrected chi connectivity index (χ2v) is 3.26. The molecular formula is C10H17N3O4. The van der Waals surface area contributed by atoms with Crippen molar-refractivity contribution in [3.8, 4) is 5.88 Å². The van der Waals surface area contributed by atoms with Gasteiger partial charge >= 0.3 is 0 Å². The van der Waals surface area contributed by atoms with Gasteiger partial charge in [-0.2, -0.15) is 0 Å². The van der Waals surface area contributed by atoms with Crippen molar-refractivity contribution in [3.05, 3.63) is 16.7 Å². The lowest BCUT2D eigenvalue weighted by atomic mass is 10.5. The minimum absolute atomic E-state index is 0.0214. The number of H-pyrrole nitrogens is 1. The standard InChI is InChI=1S/C10H17N3O4/c1-15-3-2-4-16-5-6-17-10-8(11)9(14)12-7-13-10/h7H,2-6,11H2,1H3,(H,12,13,14). The van der Waals surface area contributed by atoms with Crippen LogP contribution in [0, 0.1) is 0 Å². The molecule has 0 saturated carbocycles. The third-order valence-electron chi connectivity index (χ3n) is 1.96. The molecular weight excluding hydrogens is 226 g/mol. The normalized spacial score (nSPS) is 10.4. The van der Waals surface area contributed by atoms with E-state index in [1.54, 1.807) is 7.11 Å². The molecule has 0 aliphatic rings. The quantitative estimate of drug-likeness (QED) is 0.612. The zero-order valence-electron chi connectivity index (χ0n) is 9.77. The number of ether oxygens (including phenoxy) is 3. The molecule has 1 aromatic rings. The summed E-state index contributed by atoms with van der Waals surface area (Å²) in [5.41, 5.74) is 5.05. The van der Waals surface area contributed by atoms with Crippen LogP contribution in [0.2, 0.25) is 0 Å². The molecule has 0 bridgehead atoms. The molecule has 17 heavy (non-hydrogen) atoms. The van der Waals surface area contributed by atoms with Gasteiger partial charge in [-0.25, -0.2) is 4.98 Å². The highest BCUT2D eigenvalue weighted by Crippen LogP contribution is 2.09. The Labute approximate surface area is 98.9 Å². The van der Waals surface area contributed by atoms with E-state index in [2.05, 4.69) is 9.97 Å². The summed E-state index contributed by atoms with van der Waals surface area (Å²) in [6.07, 6.45) is 2.08. The number of nitrogens with one attached hydrogen (secondary N) is 1. The van der Waals surface area contributed by atoms with Gasteiger partial charge in [0.05, 0.1) is 12.9 Å². The van der Waals surface area contributed by atoms with E-state index in [9.17, 15) is 4.79 Å². The Hall–Kier alpha value is -1.60. The van der Waals surface area contributed by atoms with Crippen molar-refractivity contribution < 1.29 is 14.2 Å². The van der Waals surface area contributed by atoms with E-state index in [4.69, 9.17) is 19.9 Å². The van der Waals surface area contributed by atoms with Crippen molar-refractivity contribution in [2.75, 3.05) is 39.3 Å². The van der Waals surface area contributed by atoms with Crippen molar-refractivity contribution in [3.63, 3.8) is 0 Å². The first-order valence-electron chi connectivity index (χ1n) is 5.28. The molecule has 1 rings (SSSR count). The Kier molecular flexibility index (Phi) is 6.05. The predicted octanol–water partition coefficient (Wildman–Crippen LogP) is -0.216. The summed E-state index contributed by atoms with van der Waals surface area (Å²) in [6, 6.07) is 0. The van der Waals surface area contributed by atoms with Crippen LogP contribution in [0.3, 0.4) is 0 Å². The summed E-state index contributed by atoms with van der Waals surface area (Å²) < 4.78 is 15.4. The SMILES string of the molecule is COCCCOCCOc1nc[nH]c(=O)c1N. The molecule has 1 aromatic heterocycles. The van der Waals surface area contributed by atoms with Crippen molar-refractivity contribution >= 4 is 5.69 Å². The van der Waals surface area contributed by atoms with Gasteiger partial charge in [0.25, 0.3) is 5.56 Å². The number of anilines is 1. The first-order chi connectivity index (χ1) is 8.25. The van der Waals surface area contributed by atoms with Crippen molar-refractivity contribution in [2.24, 2.45) is 0 Å². The number of nitrogens with two attached hydrogens (primary N) is 1. The zero-order chi connectivity index (χ0) is 12.5. The van der Waals surface area contributed by atoms with Crippen LogP contribution in [0.1, 0.15) is 6.42 Å². The third kappa shape index (κ3) is 4.83. The van der Waals surface area contributed by atoms with Crippen molar-refractivity contribution in [1.82, 2.24) is 9.97 Å². The number of hydrogen-bond acceptors (Lipinski definition) is 6. The van der Waals surface area contributed by atoms with E-state index in [0.717, 1.165) is 6.42 Å². The summed E-state index contributed by atoms with van der Waals surface area (Å²) >= 11 is 0. The van der Waals surface area contributed by atoms with Gasteiger partial charge in [0.1, 0.15) is 6.61 Å². The third-order valence-corrected chi connectivity index (χ3v) is 1.96. The van der Waals surface area contributed by atoms with Gasteiger partial charge < -0.3 is 24.9 Å². The lowest BCUT2D eigenvalue weighted by Gasteiger charge is -2.07. The van der Waals surface area contributed by atoms with Gasteiger partial charge in [-0.05, 0) is 6.42 Å². The average Bonchev–Trinajstić information content (AvgIpc) is 2.33. The number of nitrogens with zero attached hydrogens (tertiary/aromatic N) is 1. The molecule has 96 valence electrons. The number of hydrogen-bond donors (Lipinski definition) is 2. The minimum Gasteiger partial charge on any atom is -0.474 e. The average molecular weight is 243 g/mol. The fourth-order valence-electron chi connectivity index (χ4n) is 1.11. The van der Waals surface area contributed by atoms with Gasteiger partial charge in [-0.1, -0.05) is 0 Å². The van der Waals surface area contributed by atoms with Crippen LogP contribution in [0.25, 0.3) is 0 Å². The Balaban J connectivity index is 2.18. The highest BCUT2D eigenvalue weighted by Gasteiger charge is 2.04. The van der Waals surface area contributed by atoms with E-state index in [1.165, 1.54) is 6.33 Å². The van der Waals surface area contributed by atoms with Gasteiger partial charge in [0.15, 0.2) is 5.69 Å². The van der Waals surface area contributed by atoms with Crippen LogP contribution >= 0.6 is 0 Å². The Morgan fingerprint density at radius 2 is 2.18 bits per heavy atom. The first-order valence-corrected chi connectivity index (χ1v) is 5.28. The van der Waals surface area contributed by atoms with E-state index >= 15 is 0 Å². The number of nitrogen functional groups attached to an aromatic ring is 1. The van der Waals surface area contributed by atoms with Gasteiger partial charge in [-0.15, -0.1) is 0 Å². The van der Waals surface area contributed by atoms with E-state index in [1.807, 2.05) is 0 Å². The fraction of sp³-hybridized carbons (Fsp3) is 0.600. The molecule has 0 saturated heterocycles. The van der Waals surface area contributed by atoms with Crippen LogP contribution in [0.4, 0.5) is 5.69 Å². The number of aromatic amines is 1. The summed E-state index contributed by atoms with van der Waals surface area (Å²) in [4.78, 5) is 17.3. The molecule has 0 fully saturated rings. The topological polar surface area (TPSA) is 99.5 Å².